The summed E-state index contributed by atoms with van der Waals surface area (Å²) >= 11 is 11.6. The van der Waals surface area contributed by atoms with Gasteiger partial charge < -0.3 is 10.2 Å². The summed E-state index contributed by atoms with van der Waals surface area (Å²) in [6.07, 6.45) is 0.104. The molecule has 1 unspecified atom stereocenters. The molecule has 0 aliphatic carbocycles. The van der Waals surface area contributed by atoms with Gasteiger partial charge >= 0.3 is 0 Å². The number of amides is 2. The molecule has 4 nitrogen and oxygen atoms in total. The number of carbonyl (C=O) groups is 2. The third-order valence-electron chi connectivity index (χ3n) is 3.80. The van der Waals surface area contributed by atoms with Gasteiger partial charge in [-0.3, -0.25) is 9.59 Å². The Labute approximate surface area is 148 Å². The molecule has 2 aromatic rings. The van der Waals surface area contributed by atoms with Crippen molar-refractivity contribution in [3.63, 3.8) is 0 Å². The highest BCUT2D eigenvalue weighted by atomic mass is 35.5. The topological polar surface area (TPSA) is 49.4 Å². The smallest absolute Gasteiger partial charge is 0.229 e. The van der Waals surface area contributed by atoms with E-state index in [4.69, 9.17) is 23.2 Å². The fourth-order valence-corrected chi connectivity index (χ4v) is 2.96. The van der Waals surface area contributed by atoms with Gasteiger partial charge in [-0.15, -0.1) is 0 Å². The minimum Gasteiger partial charge on any atom is -0.326 e. The highest BCUT2D eigenvalue weighted by molar-refractivity contribution is 6.31. The Morgan fingerprint density at radius 1 is 1.21 bits per heavy atom. The molecule has 3 rings (SSSR count). The van der Waals surface area contributed by atoms with Gasteiger partial charge in [0.25, 0.3) is 0 Å². The number of hydrogen-bond acceptors (Lipinski definition) is 2. The Balaban J connectivity index is 1.70. The normalized spacial score (nSPS) is 17.2. The highest BCUT2D eigenvalue weighted by Gasteiger charge is 2.35. The lowest BCUT2D eigenvalue weighted by molar-refractivity contribution is -0.122. The molecule has 124 valence electrons. The second kappa shape index (κ2) is 6.79. The lowest BCUT2D eigenvalue weighted by atomic mass is 10.1. The molecule has 7 heteroatoms. The first-order valence-corrected chi connectivity index (χ1v) is 8.01. The molecule has 0 spiro atoms. The van der Waals surface area contributed by atoms with Gasteiger partial charge in [-0.1, -0.05) is 29.3 Å². The Hall–Kier alpha value is -2.11. The van der Waals surface area contributed by atoms with Crippen molar-refractivity contribution in [1.29, 1.82) is 0 Å². The summed E-state index contributed by atoms with van der Waals surface area (Å²) < 4.78 is 13.2. The number of hydrogen-bond donors (Lipinski definition) is 1. The van der Waals surface area contributed by atoms with E-state index in [2.05, 4.69) is 5.32 Å². The van der Waals surface area contributed by atoms with Crippen LogP contribution in [-0.4, -0.2) is 18.4 Å². The molecule has 1 atom stereocenters. The van der Waals surface area contributed by atoms with Crippen LogP contribution >= 0.6 is 23.2 Å². The van der Waals surface area contributed by atoms with Gasteiger partial charge in [0.15, 0.2) is 0 Å². The van der Waals surface area contributed by atoms with Crippen LogP contribution < -0.4 is 10.2 Å². The quantitative estimate of drug-likeness (QED) is 0.887. The van der Waals surface area contributed by atoms with Crippen molar-refractivity contribution in [2.75, 3.05) is 16.8 Å². The predicted octanol–water partition coefficient (Wildman–Crippen LogP) is 4.12. The summed E-state index contributed by atoms with van der Waals surface area (Å²) in [6, 6.07) is 10.8. The van der Waals surface area contributed by atoms with Crippen molar-refractivity contribution >= 4 is 46.4 Å². The number of nitrogens with zero attached hydrogens (tertiary/aromatic N) is 1. The zero-order valence-corrected chi connectivity index (χ0v) is 13.9. The third-order valence-corrected chi connectivity index (χ3v) is 4.33. The maximum absolute atomic E-state index is 13.2. The summed E-state index contributed by atoms with van der Waals surface area (Å²) in [6.45, 7) is 0.264. The standard InChI is InChI=1S/C17H13Cl2FN2O2/c18-11-2-1-3-13(7-11)22-9-10(6-16(22)23)17(24)21-12-4-5-15(20)14(19)8-12/h1-5,7-8,10H,6,9H2,(H,21,24). The SMILES string of the molecule is O=C(Nc1ccc(F)c(Cl)c1)C1CC(=O)N(c2cccc(Cl)c2)C1. The van der Waals surface area contributed by atoms with E-state index in [9.17, 15) is 14.0 Å². The number of rotatable bonds is 3. The van der Waals surface area contributed by atoms with Crippen molar-refractivity contribution in [3.8, 4) is 0 Å². The number of carbonyl (C=O) groups excluding carboxylic acids is 2. The average molecular weight is 367 g/mol. The lowest BCUT2D eigenvalue weighted by Gasteiger charge is -2.17. The van der Waals surface area contributed by atoms with E-state index in [1.54, 1.807) is 24.3 Å². The summed E-state index contributed by atoms with van der Waals surface area (Å²) in [7, 11) is 0. The second-order valence-corrected chi connectivity index (χ2v) is 6.35. The third kappa shape index (κ3) is 3.52. The van der Waals surface area contributed by atoms with E-state index in [1.165, 1.54) is 23.1 Å². The van der Waals surface area contributed by atoms with Crippen molar-refractivity contribution in [2.45, 2.75) is 6.42 Å². The average Bonchev–Trinajstić information content (AvgIpc) is 2.93. The Bertz CT molecular complexity index is 813. The number of benzene rings is 2. The second-order valence-electron chi connectivity index (χ2n) is 5.50. The van der Waals surface area contributed by atoms with Gasteiger partial charge in [0.05, 0.1) is 10.9 Å². The first-order valence-electron chi connectivity index (χ1n) is 7.26. The van der Waals surface area contributed by atoms with Crippen LogP contribution in [0.5, 0.6) is 0 Å². The molecule has 1 aliphatic rings. The van der Waals surface area contributed by atoms with Gasteiger partial charge in [-0.25, -0.2) is 4.39 Å². The van der Waals surface area contributed by atoms with E-state index in [-0.39, 0.29) is 29.8 Å². The van der Waals surface area contributed by atoms with Gasteiger partial charge in [0, 0.05) is 29.4 Å². The van der Waals surface area contributed by atoms with Gasteiger partial charge in [0.1, 0.15) is 5.82 Å². The summed E-state index contributed by atoms with van der Waals surface area (Å²) in [4.78, 5) is 26.1. The molecule has 1 N–H and O–H groups in total. The number of nitrogens with one attached hydrogen (secondary N) is 1. The molecule has 24 heavy (non-hydrogen) atoms. The largest absolute Gasteiger partial charge is 0.326 e. The van der Waals surface area contributed by atoms with Crippen LogP contribution in [0.15, 0.2) is 42.5 Å². The zero-order valence-electron chi connectivity index (χ0n) is 12.4. The van der Waals surface area contributed by atoms with Crippen LogP contribution in [0.4, 0.5) is 15.8 Å². The van der Waals surface area contributed by atoms with Crippen LogP contribution in [0, 0.1) is 11.7 Å². The molecular weight excluding hydrogens is 354 g/mol. The van der Waals surface area contributed by atoms with Crippen molar-refractivity contribution in [1.82, 2.24) is 0 Å². The van der Waals surface area contributed by atoms with E-state index in [0.717, 1.165) is 0 Å². The fraction of sp³-hybridized carbons (Fsp3) is 0.176. The fourth-order valence-electron chi connectivity index (χ4n) is 2.59. The van der Waals surface area contributed by atoms with Crippen LogP contribution in [0.2, 0.25) is 10.0 Å². The molecule has 0 saturated carbocycles. The minimum atomic E-state index is -0.558. The van der Waals surface area contributed by atoms with Crippen molar-refractivity contribution in [2.24, 2.45) is 5.92 Å². The van der Waals surface area contributed by atoms with Crippen LogP contribution in [0.1, 0.15) is 6.42 Å². The van der Waals surface area contributed by atoms with E-state index >= 15 is 0 Å². The van der Waals surface area contributed by atoms with Gasteiger partial charge in [0.2, 0.25) is 11.8 Å². The molecule has 1 aliphatic heterocycles. The van der Waals surface area contributed by atoms with Crippen molar-refractivity contribution in [3.05, 3.63) is 58.3 Å². The Kier molecular flexibility index (Phi) is 4.73. The monoisotopic (exact) mass is 366 g/mol. The molecule has 1 saturated heterocycles. The van der Waals surface area contributed by atoms with Crippen LogP contribution in [0.3, 0.4) is 0 Å². The van der Waals surface area contributed by atoms with E-state index in [1.807, 2.05) is 0 Å². The molecule has 0 radical (unpaired) electrons. The molecule has 0 bridgehead atoms. The first kappa shape index (κ1) is 16.7. The first-order chi connectivity index (χ1) is 11.4. The van der Waals surface area contributed by atoms with Crippen LogP contribution in [-0.2, 0) is 9.59 Å². The Morgan fingerprint density at radius 2 is 2.00 bits per heavy atom. The molecule has 1 fully saturated rings. The van der Waals surface area contributed by atoms with Gasteiger partial charge in [-0.05, 0) is 36.4 Å². The number of anilines is 2. The molecule has 0 aromatic heterocycles. The summed E-state index contributed by atoms with van der Waals surface area (Å²) in [5.74, 6) is -1.51. The predicted molar refractivity (Wildman–Crippen MR) is 92.0 cm³/mol. The molecular formula is C17H13Cl2FN2O2. The maximum atomic E-state index is 13.2. The Morgan fingerprint density at radius 3 is 2.71 bits per heavy atom. The lowest BCUT2D eigenvalue weighted by Crippen LogP contribution is -2.28. The molecule has 2 aromatic carbocycles. The van der Waals surface area contributed by atoms with Crippen molar-refractivity contribution < 1.29 is 14.0 Å². The molecule has 1 heterocycles. The summed E-state index contributed by atoms with van der Waals surface area (Å²) in [5.41, 5.74) is 1.05. The van der Waals surface area contributed by atoms with E-state index in [0.29, 0.717) is 16.4 Å². The molecule has 2 amide bonds. The maximum Gasteiger partial charge on any atom is 0.229 e. The number of halogens is 3. The zero-order chi connectivity index (χ0) is 17.3. The van der Waals surface area contributed by atoms with Crippen LogP contribution in [0.25, 0.3) is 0 Å². The van der Waals surface area contributed by atoms with Gasteiger partial charge in [-0.2, -0.15) is 0 Å². The summed E-state index contributed by atoms with van der Waals surface area (Å²) in [5, 5.41) is 3.11. The highest BCUT2D eigenvalue weighted by Crippen LogP contribution is 2.28. The van der Waals surface area contributed by atoms with E-state index < -0.39 is 11.7 Å². The minimum absolute atomic E-state index is 0.0733.